The molecule has 66 heavy (non-hydrogen) atoms. The summed E-state index contributed by atoms with van der Waals surface area (Å²) in [7, 11) is 0. The van der Waals surface area contributed by atoms with Gasteiger partial charge >= 0.3 is 0 Å². The molecule has 15 heteroatoms. The van der Waals surface area contributed by atoms with Crippen LogP contribution >= 0.6 is 22.7 Å². The minimum absolute atomic E-state index is 0.0253. The number of nitrogens with one attached hydrogen (secondary N) is 4. The van der Waals surface area contributed by atoms with Gasteiger partial charge in [-0.25, -0.2) is 4.98 Å². The van der Waals surface area contributed by atoms with Crippen LogP contribution in [0.3, 0.4) is 0 Å². The molecule has 0 spiro atoms. The Morgan fingerprint density at radius 2 is 1.47 bits per heavy atom. The van der Waals surface area contributed by atoms with E-state index < -0.39 is 23.6 Å². The van der Waals surface area contributed by atoms with Gasteiger partial charge in [-0.15, -0.1) is 22.7 Å². The largest absolute Gasteiger partial charge is 0.397 e. The SMILES string of the molecule is Cc1ncsc1-c1ccc(CNC(=O)[C@@H]2C[C@@H](O)CN2C(=O)[C@@H](NC(=O)CCCCCCCCCCC(=O)Nc2ccc(C(=O)Nc3cc(-c4cccs4)ccc3N)cc2)C(C)(C)C)cc1. The number of benzene rings is 3. The molecule has 7 N–H and O–H groups in total. The van der Waals surface area contributed by atoms with E-state index in [9.17, 15) is 29.1 Å². The van der Waals surface area contributed by atoms with Crippen molar-refractivity contribution in [3.8, 4) is 20.9 Å². The number of anilines is 3. The fourth-order valence-corrected chi connectivity index (χ4v) is 9.56. The third-order valence-corrected chi connectivity index (χ3v) is 13.7. The summed E-state index contributed by atoms with van der Waals surface area (Å²) in [5.74, 6) is -1.28. The zero-order valence-electron chi connectivity index (χ0n) is 38.4. The van der Waals surface area contributed by atoms with Crippen LogP contribution in [0.2, 0.25) is 0 Å². The average molecular weight is 934 g/mol. The van der Waals surface area contributed by atoms with Crippen LogP contribution in [0.1, 0.15) is 113 Å². The lowest BCUT2D eigenvalue weighted by molar-refractivity contribution is -0.144. The van der Waals surface area contributed by atoms with Crippen LogP contribution in [0.25, 0.3) is 20.9 Å². The predicted molar refractivity (Wildman–Crippen MR) is 265 cm³/mol. The number of β-amino-alcohol motifs (C(OH)–C–C–N with tert-alkyl or cyclic N) is 1. The van der Waals surface area contributed by atoms with Crippen molar-refractivity contribution in [1.82, 2.24) is 20.5 Å². The van der Waals surface area contributed by atoms with Crippen molar-refractivity contribution in [2.75, 3.05) is 22.9 Å². The second-order valence-corrected chi connectivity index (χ2v) is 19.9. The predicted octanol–water partition coefficient (Wildman–Crippen LogP) is 9.33. The van der Waals surface area contributed by atoms with E-state index in [-0.39, 0.29) is 49.0 Å². The summed E-state index contributed by atoms with van der Waals surface area (Å²) in [6.45, 7) is 7.93. The smallest absolute Gasteiger partial charge is 0.255 e. The number of rotatable bonds is 21. The van der Waals surface area contributed by atoms with Gasteiger partial charge in [-0.2, -0.15) is 0 Å². The summed E-state index contributed by atoms with van der Waals surface area (Å²) in [5, 5.41) is 24.3. The maximum atomic E-state index is 14.0. The molecule has 2 aromatic heterocycles. The summed E-state index contributed by atoms with van der Waals surface area (Å²) in [6.07, 6.45) is 7.35. The number of carbonyl (C=O) groups excluding carboxylic acids is 5. The number of thiazole rings is 1. The molecule has 0 radical (unpaired) electrons. The Hall–Kier alpha value is -5.90. The normalized spacial score (nSPS) is 15.3. The Kier molecular flexibility index (Phi) is 17.7. The highest BCUT2D eigenvalue weighted by molar-refractivity contribution is 7.13. The molecule has 0 saturated carbocycles. The first-order chi connectivity index (χ1) is 31.7. The van der Waals surface area contributed by atoms with E-state index in [4.69, 9.17) is 5.73 Å². The topological polar surface area (TPSA) is 196 Å². The third kappa shape index (κ3) is 14.1. The molecule has 3 heterocycles. The maximum Gasteiger partial charge on any atom is 0.255 e. The van der Waals surface area contributed by atoms with Gasteiger partial charge in [0.15, 0.2) is 0 Å². The van der Waals surface area contributed by atoms with Crippen molar-refractivity contribution < 1.29 is 29.1 Å². The molecule has 1 saturated heterocycles. The van der Waals surface area contributed by atoms with Crippen LogP contribution in [-0.4, -0.2) is 69.3 Å². The number of nitrogens with two attached hydrogens (primary N) is 1. The first kappa shape index (κ1) is 49.5. The molecule has 1 fully saturated rings. The van der Waals surface area contributed by atoms with Crippen LogP contribution < -0.4 is 27.0 Å². The van der Waals surface area contributed by atoms with E-state index in [2.05, 4.69) is 26.3 Å². The van der Waals surface area contributed by atoms with Crippen molar-refractivity contribution in [2.45, 2.75) is 123 Å². The lowest BCUT2D eigenvalue weighted by atomic mass is 9.85. The zero-order valence-corrected chi connectivity index (χ0v) is 40.0. The molecule has 0 unspecified atom stereocenters. The maximum absolute atomic E-state index is 14.0. The van der Waals surface area contributed by atoms with Crippen molar-refractivity contribution in [3.05, 3.63) is 107 Å². The van der Waals surface area contributed by atoms with E-state index in [1.165, 1.54) is 4.90 Å². The van der Waals surface area contributed by atoms with Crippen molar-refractivity contribution in [3.63, 3.8) is 0 Å². The Morgan fingerprint density at radius 3 is 2.09 bits per heavy atom. The van der Waals surface area contributed by atoms with Gasteiger partial charge in [0.2, 0.25) is 23.6 Å². The second kappa shape index (κ2) is 23.5. The summed E-state index contributed by atoms with van der Waals surface area (Å²) in [6, 6.07) is 22.6. The molecule has 1 aliphatic rings. The fraction of sp³-hybridized carbons (Fsp3) is 0.412. The number of hydrogen-bond donors (Lipinski definition) is 6. The van der Waals surface area contributed by atoms with Gasteiger partial charge in [0.25, 0.3) is 5.91 Å². The monoisotopic (exact) mass is 933 g/mol. The number of carbonyl (C=O) groups is 5. The molecular weight excluding hydrogens is 871 g/mol. The van der Waals surface area contributed by atoms with Gasteiger partial charge in [0.1, 0.15) is 12.1 Å². The molecule has 5 aromatic rings. The summed E-state index contributed by atoms with van der Waals surface area (Å²) in [4.78, 5) is 74.0. The van der Waals surface area contributed by atoms with Crippen molar-refractivity contribution >= 4 is 69.3 Å². The lowest BCUT2D eigenvalue weighted by Gasteiger charge is -2.35. The van der Waals surface area contributed by atoms with Crippen molar-refractivity contribution in [2.24, 2.45) is 5.41 Å². The minimum atomic E-state index is -0.860. The van der Waals surface area contributed by atoms with Crippen molar-refractivity contribution in [1.29, 1.82) is 0 Å². The van der Waals surface area contributed by atoms with Gasteiger partial charge < -0.3 is 37.0 Å². The van der Waals surface area contributed by atoms with Crippen LogP contribution in [0.4, 0.5) is 17.1 Å². The number of thiophene rings is 1. The Labute approximate surface area is 396 Å². The number of aryl methyl sites for hydroxylation is 1. The molecule has 13 nitrogen and oxygen atoms in total. The molecule has 3 aromatic carbocycles. The average Bonchev–Trinajstić information content (AvgIpc) is 4.08. The van der Waals surface area contributed by atoms with E-state index in [0.717, 1.165) is 77.1 Å². The van der Waals surface area contributed by atoms with E-state index in [0.29, 0.717) is 41.9 Å². The number of hydrogen-bond acceptors (Lipinski definition) is 10. The molecule has 0 aliphatic carbocycles. The fourth-order valence-electron chi connectivity index (χ4n) is 8.03. The van der Waals surface area contributed by atoms with Gasteiger partial charge in [-0.3, -0.25) is 24.0 Å². The van der Waals surface area contributed by atoms with Gasteiger partial charge in [-0.05, 0) is 89.7 Å². The Morgan fingerprint density at radius 1 is 0.818 bits per heavy atom. The Bertz CT molecular complexity index is 2410. The standard InChI is InChI=1S/C51H63N7O6S2/c1-33-46(66-32-54-33)35-19-17-34(18-20-35)30-53-49(63)42-29-39(59)31-58(42)50(64)47(51(2,3)4)57-45(61)16-12-10-8-6-5-7-9-11-15-44(60)55-38-24-21-36(22-25-38)48(62)56-41-28-37(23-26-40(41)52)43-14-13-27-65-43/h13-14,17-28,32,39,42,47,59H,5-12,15-16,29-31,52H2,1-4H3,(H,53,63)(H,55,60)(H,56,62)(H,57,61)/t39-,42+,47-/m1/s1. The third-order valence-electron chi connectivity index (χ3n) is 11.8. The second-order valence-electron chi connectivity index (χ2n) is 18.1. The molecule has 6 rings (SSSR count). The molecule has 1 aliphatic heterocycles. The molecular formula is C51H63N7O6S2. The highest BCUT2D eigenvalue weighted by atomic mass is 32.1. The highest BCUT2D eigenvalue weighted by Crippen LogP contribution is 2.31. The summed E-state index contributed by atoms with van der Waals surface area (Å²) < 4.78 is 0. The number of nitrogens with zero attached hydrogens (tertiary/aromatic N) is 2. The van der Waals surface area contributed by atoms with Crippen LogP contribution in [0, 0.1) is 12.3 Å². The number of unbranched alkanes of at least 4 members (excludes halogenated alkanes) is 7. The number of nitrogen functional groups attached to an aromatic ring is 1. The Balaban J connectivity index is 0.833. The van der Waals surface area contributed by atoms with Gasteiger partial charge in [0, 0.05) is 48.5 Å². The van der Waals surface area contributed by atoms with E-state index >= 15 is 0 Å². The van der Waals surface area contributed by atoms with Crippen LogP contribution in [0.5, 0.6) is 0 Å². The molecule has 5 amide bonds. The zero-order chi connectivity index (χ0) is 47.2. The number of aliphatic hydroxyl groups is 1. The van der Waals surface area contributed by atoms with Crippen LogP contribution in [0.15, 0.2) is 89.8 Å². The molecule has 350 valence electrons. The lowest BCUT2D eigenvalue weighted by Crippen LogP contribution is -2.57. The number of amides is 5. The van der Waals surface area contributed by atoms with Gasteiger partial charge in [0.05, 0.1) is 33.6 Å². The van der Waals surface area contributed by atoms with E-state index in [1.54, 1.807) is 53.0 Å². The first-order valence-corrected chi connectivity index (χ1v) is 24.6. The highest BCUT2D eigenvalue weighted by Gasteiger charge is 2.44. The first-order valence-electron chi connectivity index (χ1n) is 22.9. The summed E-state index contributed by atoms with van der Waals surface area (Å²) >= 11 is 3.19. The van der Waals surface area contributed by atoms with Crippen LogP contribution in [-0.2, 0) is 25.7 Å². The number of likely N-dealkylation sites (tertiary alicyclic amines) is 1. The number of aliphatic hydroxyl groups excluding tert-OH is 1. The summed E-state index contributed by atoms with van der Waals surface area (Å²) in [5.41, 5.74) is 13.3. The van der Waals surface area contributed by atoms with E-state index in [1.807, 2.05) is 87.1 Å². The molecule has 3 atom stereocenters. The molecule has 0 bridgehead atoms. The minimum Gasteiger partial charge on any atom is -0.397 e. The number of aromatic nitrogens is 1. The quantitative estimate of drug-likeness (QED) is 0.0309. The van der Waals surface area contributed by atoms with Gasteiger partial charge in [-0.1, -0.05) is 95.7 Å².